The van der Waals surface area contributed by atoms with Crippen molar-refractivity contribution >= 4 is 29.0 Å². The van der Waals surface area contributed by atoms with Gasteiger partial charge in [0.25, 0.3) is 0 Å². The van der Waals surface area contributed by atoms with E-state index in [-0.39, 0.29) is 11.9 Å². The summed E-state index contributed by atoms with van der Waals surface area (Å²) in [5, 5.41) is 8.24. The SMILES string of the molecule is CC(=O)Nc1cnccc1-c1cccc(NC(=O)Nc2cccnc2)c1. The zero-order chi connectivity index (χ0) is 18.4. The van der Waals surface area contributed by atoms with Crippen LogP contribution in [0.1, 0.15) is 6.92 Å². The lowest BCUT2D eigenvalue weighted by atomic mass is 10.0. The van der Waals surface area contributed by atoms with Crippen LogP contribution in [0.5, 0.6) is 0 Å². The van der Waals surface area contributed by atoms with Crippen LogP contribution in [0.15, 0.2) is 67.3 Å². The fraction of sp³-hybridized carbons (Fsp3) is 0.0526. The molecule has 2 heterocycles. The van der Waals surface area contributed by atoms with Crippen LogP contribution in [0.3, 0.4) is 0 Å². The highest BCUT2D eigenvalue weighted by molar-refractivity contribution is 6.00. The Morgan fingerprint density at radius 2 is 1.62 bits per heavy atom. The number of hydrogen-bond acceptors (Lipinski definition) is 4. The fourth-order valence-electron chi connectivity index (χ4n) is 2.43. The Balaban J connectivity index is 1.79. The zero-order valence-corrected chi connectivity index (χ0v) is 14.1. The van der Waals surface area contributed by atoms with E-state index < -0.39 is 0 Å². The Bertz CT molecular complexity index is 928. The van der Waals surface area contributed by atoms with E-state index in [0.717, 1.165) is 11.1 Å². The van der Waals surface area contributed by atoms with Crippen LogP contribution < -0.4 is 16.0 Å². The number of urea groups is 1. The molecular formula is C19H17N5O2. The molecule has 0 saturated carbocycles. The molecule has 2 aromatic heterocycles. The van der Waals surface area contributed by atoms with Crippen LogP contribution in [-0.4, -0.2) is 21.9 Å². The summed E-state index contributed by atoms with van der Waals surface area (Å²) >= 11 is 0. The summed E-state index contributed by atoms with van der Waals surface area (Å²) in [6.07, 6.45) is 6.43. The first-order valence-electron chi connectivity index (χ1n) is 7.92. The number of pyridine rings is 2. The van der Waals surface area contributed by atoms with Crippen molar-refractivity contribution in [2.24, 2.45) is 0 Å². The van der Waals surface area contributed by atoms with Gasteiger partial charge in [-0.1, -0.05) is 12.1 Å². The lowest BCUT2D eigenvalue weighted by Gasteiger charge is -2.12. The third-order valence-electron chi connectivity index (χ3n) is 3.48. The molecule has 3 N–H and O–H groups in total. The van der Waals surface area contributed by atoms with Gasteiger partial charge in [-0.3, -0.25) is 14.8 Å². The molecule has 0 atom stereocenters. The number of anilines is 3. The van der Waals surface area contributed by atoms with Gasteiger partial charge in [0.15, 0.2) is 0 Å². The van der Waals surface area contributed by atoms with Gasteiger partial charge in [-0.25, -0.2) is 4.79 Å². The molecule has 0 spiro atoms. The lowest BCUT2D eigenvalue weighted by molar-refractivity contribution is -0.114. The molecule has 0 bridgehead atoms. The topological polar surface area (TPSA) is 96.0 Å². The van der Waals surface area contributed by atoms with Crippen molar-refractivity contribution < 1.29 is 9.59 Å². The minimum atomic E-state index is -0.369. The number of benzene rings is 1. The molecule has 0 aliphatic heterocycles. The van der Waals surface area contributed by atoms with Gasteiger partial charge < -0.3 is 16.0 Å². The molecule has 130 valence electrons. The molecule has 1 aromatic carbocycles. The summed E-state index contributed by atoms with van der Waals surface area (Å²) in [7, 11) is 0. The van der Waals surface area contributed by atoms with Crippen molar-refractivity contribution in [3.05, 3.63) is 67.3 Å². The van der Waals surface area contributed by atoms with Crippen LogP contribution in [0.2, 0.25) is 0 Å². The van der Waals surface area contributed by atoms with Crippen molar-refractivity contribution in [2.45, 2.75) is 6.92 Å². The average Bonchev–Trinajstić information content (AvgIpc) is 2.62. The highest BCUT2D eigenvalue weighted by atomic mass is 16.2. The van der Waals surface area contributed by atoms with Gasteiger partial charge in [-0.15, -0.1) is 0 Å². The summed E-state index contributed by atoms with van der Waals surface area (Å²) in [5.74, 6) is -0.177. The summed E-state index contributed by atoms with van der Waals surface area (Å²) in [5.41, 5.74) is 3.48. The Morgan fingerprint density at radius 3 is 2.38 bits per heavy atom. The Morgan fingerprint density at radius 1 is 0.846 bits per heavy atom. The Labute approximate surface area is 150 Å². The van der Waals surface area contributed by atoms with E-state index in [1.807, 2.05) is 18.2 Å². The van der Waals surface area contributed by atoms with Crippen LogP contribution in [0.4, 0.5) is 21.9 Å². The van der Waals surface area contributed by atoms with Crippen LogP contribution in [0.25, 0.3) is 11.1 Å². The van der Waals surface area contributed by atoms with Crippen molar-refractivity contribution in [3.63, 3.8) is 0 Å². The van der Waals surface area contributed by atoms with Gasteiger partial charge in [-0.2, -0.15) is 0 Å². The number of nitrogens with one attached hydrogen (secondary N) is 3. The molecule has 0 saturated heterocycles. The molecular weight excluding hydrogens is 330 g/mol. The van der Waals surface area contributed by atoms with E-state index in [0.29, 0.717) is 17.1 Å². The van der Waals surface area contributed by atoms with E-state index in [4.69, 9.17) is 0 Å². The summed E-state index contributed by atoms with van der Waals surface area (Å²) < 4.78 is 0. The van der Waals surface area contributed by atoms with Gasteiger partial charge in [0, 0.05) is 30.6 Å². The van der Waals surface area contributed by atoms with Crippen LogP contribution >= 0.6 is 0 Å². The van der Waals surface area contributed by atoms with E-state index >= 15 is 0 Å². The van der Waals surface area contributed by atoms with Crippen molar-refractivity contribution in [2.75, 3.05) is 16.0 Å². The minimum Gasteiger partial charge on any atom is -0.324 e. The van der Waals surface area contributed by atoms with Crippen molar-refractivity contribution in [1.29, 1.82) is 0 Å². The predicted octanol–water partition coefficient (Wildman–Crippen LogP) is 3.75. The molecule has 0 aliphatic rings. The minimum absolute atomic E-state index is 0.177. The molecule has 3 amide bonds. The first-order chi connectivity index (χ1) is 12.6. The van der Waals surface area contributed by atoms with E-state index in [1.165, 1.54) is 6.92 Å². The van der Waals surface area contributed by atoms with E-state index in [2.05, 4.69) is 25.9 Å². The second kappa shape index (κ2) is 7.89. The Kier molecular flexibility index (Phi) is 5.19. The first kappa shape index (κ1) is 17.1. The normalized spacial score (nSPS) is 10.0. The maximum absolute atomic E-state index is 12.1. The third-order valence-corrected chi connectivity index (χ3v) is 3.48. The molecule has 0 unspecified atom stereocenters. The number of amides is 3. The summed E-state index contributed by atoms with van der Waals surface area (Å²) in [6.45, 7) is 1.44. The number of nitrogens with zero attached hydrogens (tertiary/aromatic N) is 2. The largest absolute Gasteiger partial charge is 0.324 e. The first-order valence-corrected chi connectivity index (χ1v) is 7.92. The molecule has 0 radical (unpaired) electrons. The monoisotopic (exact) mass is 347 g/mol. The second-order valence-electron chi connectivity index (χ2n) is 5.50. The van der Waals surface area contributed by atoms with Crippen molar-refractivity contribution in [3.8, 4) is 11.1 Å². The van der Waals surface area contributed by atoms with Crippen LogP contribution in [-0.2, 0) is 4.79 Å². The number of rotatable bonds is 4. The third kappa shape index (κ3) is 4.41. The van der Waals surface area contributed by atoms with Crippen molar-refractivity contribution in [1.82, 2.24) is 9.97 Å². The standard InChI is InChI=1S/C19H17N5O2/c1-13(25)22-18-12-21-9-7-17(18)14-4-2-5-15(10-14)23-19(26)24-16-6-3-8-20-11-16/h2-12H,1H3,(H,22,25)(H2,23,24,26). The fourth-order valence-corrected chi connectivity index (χ4v) is 2.43. The van der Waals surface area contributed by atoms with Gasteiger partial charge in [0.05, 0.1) is 23.8 Å². The van der Waals surface area contributed by atoms with Gasteiger partial charge in [0.2, 0.25) is 5.91 Å². The lowest BCUT2D eigenvalue weighted by Crippen LogP contribution is -2.19. The maximum Gasteiger partial charge on any atom is 0.323 e. The molecule has 0 aliphatic carbocycles. The second-order valence-corrected chi connectivity index (χ2v) is 5.50. The molecule has 0 fully saturated rings. The highest BCUT2D eigenvalue weighted by Crippen LogP contribution is 2.29. The number of carbonyl (C=O) groups is 2. The van der Waals surface area contributed by atoms with Gasteiger partial charge in [-0.05, 0) is 35.9 Å². The van der Waals surface area contributed by atoms with Gasteiger partial charge >= 0.3 is 6.03 Å². The Hall–Kier alpha value is -3.74. The van der Waals surface area contributed by atoms with E-state index in [9.17, 15) is 9.59 Å². The maximum atomic E-state index is 12.1. The van der Waals surface area contributed by atoms with E-state index in [1.54, 1.807) is 49.1 Å². The molecule has 3 aromatic rings. The highest BCUT2D eigenvalue weighted by Gasteiger charge is 2.08. The molecule has 7 nitrogen and oxygen atoms in total. The smallest absolute Gasteiger partial charge is 0.323 e. The van der Waals surface area contributed by atoms with Gasteiger partial charge in [0.1, 0.15) is 0 Å². The molecule has 26 heavy (non-hydrogen) atoms. The quantitative estimate of drug-likeness (QED) is 0.670. The number of hydrogen-bond donors (Lipinski definition) is 3. The summed E-state index contributed by atoms with van der Waals surface area (Å²) in [4.78, 5) is 31.5. The predicted molar refractivity (Wildman–Crippen MR) is 101 cm³/mol. The summed E-state index contributed by atoms with van der Waals surface area (Å²) in [6, 6.07) is 12.3. The molecule has 7 heteroatoms. The number of aromatic nitrogens is 2. The number of carbonyl (C=O) groups excluding carboxylic acids is 2. The molecule has 3 rings (SSSR count). The van der Waals surface area contributed by atoms with Crippen LogP contribution in [0, 0.1) is 0 Å². The average molecular weight is 347 g/mol. The zero-order valence-electron chi connectivity index (χ0n) is 14.1.